The Labute approximate surface area is 126 Å². The third-order valence-corrected chi connectivity index (χ3v) is 3.55. The first-order chi connectivity index (χ1) is 10.3. The molecule has 0 aliphatic rings. The second-order valence-corrected chi connectivity index (χ2v) is 5.25. The van der Waals surface area contributed by atoms with Gasteiger partial charge in [0.05, 0.1) is 13.2 Å². The molecule has 1 unspecified atom stereocenters. The molecule has 0 amide bonds. The van der Waals surface area contributed by atoms with Crippen molar-refractivity contribution >= 4 is 6.29 Å². The first kappa shape index (κ1) is 15.5. The molecule has 21 heavy (non-hydrogen) atoms. The van der Waals surface area contributed by atoms with Gasteiger partial charge in [0.15, 0.2) is 0 Å². The van der Waals surface area contributed by atoms with Gasteiger partial charge in [0.2, 0.25) is 0 Å². The van der Waals surface area contributed by atoms with Crippen molar-refractivity contribution in [2.45, 2.75) is 38.9 Å². The smallest absolute Gasteiger partial charge is 0.127 e. The maximum absolute atomic E-state index is 11.1. The monoisotopic (exact) mass is 282 g/mol. The van der Waals surface area contributed by atoms with Crippen LogP contribution in [-0.2, 0) is 22.7 Å². The van der Waals surface area contributed by atoms with E-state index in [-0.39, 0.29) is 5.92 Å². The first-order valence-electron chi connectivity index (χ1n) is 7.49. The molecule has 0 saturated carbocycles. The van der Waals surface area contributed by atoms with Crippen LogP contribution in [-0.4, -0.2) is 6.29 Å². The average Bonchev–Trinajstić information content (AvgIpc) is 2.54. The van der Waals surface area contributed by atoms with Crippen LogP contribution in [0.15, 0.2) is 54.6 Å². The molecule has 0 fully saturated rings. The van der Waals surface area contributed by atoms with Crippen LogP contribution in [0.2, 0.25) is 0 Å². The van der Waals surface area contributed by atoms with E-state index in [1.807, 2.05) is 42.5 Å². The lowest BCUT2D eigenvalue weighted by Crippen LogP contribution is -2.00. The normalized spacial score (nSPS) is 12.0. The van der Waals surface area contributed by atoms with Gasteiger partial charge in [-0.1, -0.05) is 67.9 Å². The molecule has 1 atom stereocenters. The van der Waals surface area contributed by atoms with Gasteiger partial charge < -0.3 is 9.53 Å². The summed E-state index contributed by atoms with van der Waals surface area (Å²) in [6.07, 6.45) is 2.98. The van der Waals surface area contributed by atoms with Crippen LogP contribution in [0.1, 0.15) is 42.4 Å². The number of carbonyl (C=O) groups excluding carboxylic acids is 1. The van der Waals surface area contributed by atoms with Crippen molar-refractivity contribution in [1.29, 1.82) is 0 Å². The Morgan fingerprint density at radius 2 is 1.57 bits per heavy atom. The van der Waals surface area contributed by atoms with Crippen LogP contribution in [0, 0.1) is 0 Å². The minimum Gasteiger partial charge on any atom is -0.372 e. The molecular weight excluding hydrogens is 260 g/mol. The Morgan fingerprint density at radius 3 is 2.14 bits per heavy atom. The van der Waals surface area contributed by atoms with E-state index in [1.54, 1.807) is 0 Å². The van der Waals surface area contributed by atoms with Gasteiger partial charge >= 0.3 is 0 Å². The highest BCUT2D eigenvalue weighted by atomic mass is 16.5. The van der Waals surface area contributed by atoms with E-state index in [1.165, 1.54) is 5.56 Å². The zero-order chi connectivity index (χ0) is 14.9. The molecule has 0 aliphatic heterocycles. The molecule has 2 nitrogen and oxygen atoms in total. The van der Waals surface area contributed by atoms with E-state index in [0.717, 1.165) is 30.3 Å². The number of hydrogen-bond acceptors (Lipinski definition) is 2. The Kier molecular flexibility index (Phi) is 6.17. The van der Waals surface area contributed by atoms with Crippen LogP contribution >= 0.6 is 0 Å². The van der Waals surface area contributed by atoms with Gasteiger partial charge in [-0.25, -0.2) is 0 Å². The minimum absolute atomic E-state index is 0.0225. The fourth-order valence-corrected chi connectivity index (χ4v) is 2.35. The highest BCUT2D eigenvalue weighted by molar-refractivity contribution is 5.62. The number of rotatable bonds is 8. The second-order valence-electron chi connectivity index (χ2n) is 5.25. The van der Waals surface area contributed by atoms with Gasteiger partial charge in [-0.05, 0) is 23.1 Å². The predicted octanol–water partition coefficient (Wildman–Crippen LogP) is 4.49. The third kappa shape index (κ3) is 4.83. The van der Waals surface area contributed by atoms with Gasteiger partial charge in [0, 0.05) is 5.92 Å². The van der Waals surface area contributed by atoms with Crippen molar-refractivity contribution in [2.75, 3.05) is 0 Å². The van der Waals surface area contributed by atoms with Crippen LogP contribution in [0.5, 0.6) is 0 Å². The number of aldehydes is 1. The number of carbonyl (C=O) groups is 1. The summed E-state index contributed by atoms with van der Waals surface area (Å²) < 4.78 is 5.71. The molecule has 0 radical (unpaired) electrons. The van der Waals surface area contributed by atoms with Crippen molar-refractivity contribution in [3.05, 3.63) is 71.3 Å². The van der Waals surface area contributed by atoms with E-state index < -0.39 is 0 Å². The topological polar surface area (TPSA) is 26.3 Å². The van der Waals surface area contributed by atoms with Gasteiger partial charge in [-0.3, -0.25) is 0 Å². The SMILES string of the molecule is CCCC(C=O)c1ccc(COCc2ccccc2)cc1. The van der Waals surface area contributed by atoms with Crippen molar-refractivity contribution in [3.8, 4) is 0 Å². The van der Waals surface area contributed by atoms with Crippen molar-refractivity contribution in [1.82, 2.24) is 0 Å². The standard InChI is InChI=1S/C19H22O2/c1-2-6-19(13-20)18-11-9-17(10-12-18)15-21-14-16-7-4-3-5-8-16/h3-5,7-13,19H,2,6,14-15H2,1H3. The number of hydrogen-bond donors (Lipinski definition) is 0. The molecule has 2 aromatic rings. The van der Waals surface area contributed by atoms with Gasteiger partial charge in [0.25, 0.3) is 0 Å². The zero-order valence-electron chi connectivity index (χ0n) is 12.5. The van der Waals surface area contributed by atoms with E-state index in [2.05, 4.69) is 19.1 Å². The summed E-state index contributed by atoms with van der Waals surface area (Å²) in [5.41, 5.74) is 3.41. The largest absolute Gasteiger partial charge is 0.372 e. The van der Waals surface area contributed by atoms with Crippen LogP contribution in [0.3, 0.4) is 0 Å². The van der Waals surface area contributed by atoms with Crippen LogP contribution in [0.25, 0.3) is 0 Å². The van der Waals surface area contributed by atoms with E-state index in [4.69, 9.17) is 4.74 Å². The van der Waals surface area contributed by atoms with Crippen molar-refractivity contribution < 1.29 is 9.53 Å². The number of ether oxygens (including phenoxy) is 1. The highest BCUT2D eigenvalue weighted by Crippen LogP contribution is 2.19. The molecule has 0 aromatic heterocycles. The lowest BCUT2D eigenvalue weighted by molar-refractivity contribution is -0.109. The summed E-state index contributed by atoms with van der Waals surface area (Å²) >= 11 is 0. The summed E-state index contributed by atoms with van der Waals surface area (Å²) in [6, 6.07) is 18.3. The fourth-order valence-electron chi connectivity index (χ4n) is 2.35. The third-order valence-electron chi connectivity index (χ3n) is 3.55. The molecule has 2 aromatic carbocycles. The van der Waals surface area contributed by atoms with Crippen LogP contribution < -0.4 is 0 Å². The summed E-state index contributed by atoms with van der Waals surface area (Å²) in [6.45, 7) is 3.31. The van der Waals surface area contributed by atoms with Crippen molar-refractivity contribution in [3.63, 3.8) is 0 Å². The zero-order valence-corrected chi connectivity index (χ0v) is 12.5. The van der Waals surface area contributed by atoms with Crippen LogP contribution in [0.4, 0.5) is 0 Å². The quantitative estimate of drug-likeness (QED) is 0.667. The second kappa shape index (κ2) is 8.38. The minimum atomic E-state index is 0.0225. The molecule has 0 aliphatic carbocycles. The molecule has 0 N–H and O–H groups in total. The summed E-state index contributed by atoms with van der Waals surface area (Å²) in [5.74, 6) is 0.0225. The van der Waals surface area contributed by atoms with E-state index in [0.29, 0.717) is 13.2 Å². The van der Waals surface area contributed by atoms with E-state index in [9.17, 15) is 4.79 Å². The van der Waals surface area contributed by atoms with Gasteiger partial charge in [0.1, 0.15) is 6.29 Å². The number of benzene rings is 2. The summed E-state index contributed by atoms with van der Waals surface area (Å²) in [5, 5.41) is 0. The Morgan fingerprint density at radius 1 is 0.952 bits per heavy atom. The molecule has 0 spiro atoms. The molecule has 0 bridgehead atoms. The molecule has 0 saturated heterocycles. The maximum atomic E-state index is 11.1. The molecule has 110 valence electrons. The summed E-state index contributed by atoms with van der Waals surface area (Å²) in [4.78, 5) is 11.1. The molecular formula is C19H22O2. The van der Waals surface area contributed by atoms with E-state index >= 15 is 0 Å². The average molecular weight is 282 g/mol. The van der Waals surface area contributed by atoms with Gasteiger partial charge in [-0.15, -0.1) is 0 Å². The molecule has 2 heteroatoms. The Hall–Kier alpha value is -1.93. The summed E-state index contributed by atoms with van der Waals surface area (Å²) in [7, 11) is 0. The lowest BCUT2D eigenvalue weighted by Gasteiger charge is -2.10. The van der Waals surface area contributed by atoms with Crippen molar-refractivity contribution in [2.24, 2.45) is 0 Å². The Balaban J connectivity index is 1.86. The molecule has 2 rings (SSSR count). The Bertz CT molecular complexity index is 531. The fraction of sp³-hybridized carbons (Fsp3) is 0.316. The highest BCUT2D eigenvalue weighted by Gasteiger charge is 2.08. The predicted molar refractivity (Wildman–Crippen MR) is 85.1 cm³/mol. The molecule has 0 heterocycles. The van der Waals surface area contributed by atoms with Gasteiger partial charge in [-0.2, -0.15) is 0 Å². The first-order valence-corrected chi connectivity index (χ1v) is 7.49. The lowest BCUT2D eigenvalue weighted by atomic mass is 9.95. The maximum Gasteiger partial charge on any atom is 0.127 e.